The Hall–Kier alpha value is -1.25. The highest BCUT2D eigenvalue weighted by molar-refractivity contribution is 7.89. The van der Waals surface area contributed by atoms with E-state index in [1.807, 2.05) is 13.8 Å². The number of hydrogen-bond acceptors (Lipinski definition) is 6. The number of nitrogens with zero attached hydrogens (tertiary/aromatic N) is 3. The summed E-state index contributed by atoms with van der Waals surface area (Å²) < 4.78 is 32.2. The van der Waals surface area contributed by atoms with E-state index in [1.54, 1.807) is 0 Å². The molecule has 1 aliphatic rings. The van der Waals surface area contributed by atoms with Crippen molar-refractivity contribution in [3.63, 3.8) is 0 Å². The van der Waals surface area contributed by atoms with E-state index in [-0.39, 0.29) is 11.0 Å². The first-order valence-electron chi connectivity index (χ1n) is 7.25. The highest BCUT2D eigenvalue weighted by Gasteiger charge is 2.31. The molecule has 0 saturated carbocycles. The lowest BCUT2D eigenvalue weighted by Crippen LogP contribution is -2.43. The molecule has 2 heterocycles. The number of ether oxygens (including phenoxy) is 1. The molecule has 0 amide bonds. The molecule has 1 unspecified atom stereocenters. The Balaban J connectivity index is 2.13. The van der Waals surface area contributed by atoms with Crippen LogP contribution in [0.15, 0.2) is 17.3 Å². The Kier molecular flexibility index (Phi) is 5.49. The van der Waals surface area contributed by atoms with Crippen molar-refractivity contribution < 1.29 is 13.2 Å². The minimum atomic E-state index is -3.54. The van der Waals surface area contributed by atoms with Crippen LogP contribution in [0.25, 0.3) is 0 Å². The first-order chi connectivity index (χ1) is 10.1. The van der Waals surface area contributed by atoms with Crippen LogP contribution in [0.3, 0.4) is 0 Å². The maximum absolute atomic E-state index is 12.6. The van der Waals surface area contributed by atoms with Crippen LogP contribution in [0, 0.1) is 0 Å². The second-order valence-electron chi connectivity index (χ2n) is 4.86. The Labute approximate surface area is 125 Å². The molecular formula is C13H22N4O3S. The molecule has 0 aromatic carbocycles. The molecule has 1 aromatic rings. The van der Waals surface area contributed by atoms with Crippen molar-refractivity contribution in [1.29, 1.82) is 0 Å². The molecule has 1 atom stereocenters. The molecular weight excluding hydrogens is 292 g/mol. The third-order valence-electron chi connectivity index (χ3n) is 3.34. The minimum Gasteiger partial charge on any atom is -0.377 e. The van der Waals surface area contributed by atoms with Gasteiger partial charge >= 0.3 is 0 Å². The van der Waals surface area contributed by atoms with Crippen LogP contribution < -0.4 is 5.32 Å². The average molecular weight is 314 g/mol. The summed E-state index contributed by atoms with van der Waals surface area (Å²) in [6, 6.07) is 0. The maximum Gasteiger partial charge on any atom is 0.246 e. The molecule has 118 valence electrons. The van der Waals surface area contributed by atoms with Crippen LogP contribution >= 0.6 is 0 Å². The summed E-state index contributed by atoms with van der Waals surface area (Å²) >= 11 is 0. The van der Waals surface area contributed by atoms with Gasteiger partial charge in [-0.05, 0) is 26.7 Å². The lowest BCUT2D eigenvalue weighted by atomic mass is 10.1. The predicted octanol–water partition coefficient (Wildman–Crippen LogP) is 1.10. The number of hydrogen-bond donors (Lipinski definition) is 1. The van der Waals surface area contributed by atoms with Crippen LogP contribution in [-0.4, -0.2) is 55.0 Å². The van der Waals surface area contributed by atoms with E-state index < -0.39 is 10.0 Å². The van der Waals surface area contributed by atoms with Gasteiger partial charge in [-0.3, -0.25) is 0 Å². The zero-order valence-corrected chi connectivity index (χ0v) is 13.3. The smallest absolute Gasteiger partial charge is 0.246 e. The fourth-order valence-electron chi connectivity index (χ4n) is 2.34. The molecule has 1 fully saturated rings. The second-order valence-corrected chi connectivity index (χ2v) is 6.79. The number of piperidine rings is 1. The Morgan fingerprint density at radius 2 is 2.10 bits per heavy atom. The van der Waals surface area contributed by atoms with E-state index in [9.17, 15) is 8.42 Å². The van der Waals surface area contributed by atoms with E-state index in [0.717, 1.165) is 12.8 Å². The third kappa shape index (κ3) is 3.90. The van der Waals surface area contributed by atoms with Crippen molar-refractivity contribution in [2.45, 2.75) is 37.7 Å². The van der Waals surface area contributed by atoms with Gasteiger partial charge < -0.3 is 10.1 Å². The molecule has 8 heteroatoms. The van der Waals surface area contributed by atoms with Gasteiger partial charge in [0.2, 0.25) is 16.0 Å². The summed E-state index contributed by atoms with van der Waals surface area (Å²) in [6.45, 7) is 6.04. The van der Waals surface area contributed by atoms with Gasteiger partial charge in [-0.25, -0.2) is 18.4 Å². The van der Waals surface area contributed by atoms with E-state index >= 15 is 0 Å². The Morgan fingerprint density at radius 1 is 1.38 bits per heavy atom. The van der Waals surface area contributed by atoms with Gasteiger partial charge in [0.1, 0.15) is 4.90 Å². The molecule has 1 saturated heterocycles. The fourth-order valence-corrected chi connectivity index (χ4v) is 3.74. The quantitative estimate of drug-likeness (QED) is 0.846. The van der Waals surface area contributed by atoms with Gasteiger partial charge in [-0.15, -0.1) is 0 Å². The van der Waals surface area contributed by atoms with Crippen molar-refractivity contribution in [3.05, 3.63) is 12.4 Å². The van der Waals surface area contributed by atoms with Gasteiger partial charge in [0.25, 0.3) is 0 Å². The molecule has 0 spiro atoms. The van der Waals surface area contributed by atoms with Gasteiger partial charge in [0.05, 0.1) is 18.5 Å². The second kappa shape index (κ2) is 7.15. The third-order valence-corrected chi connectivity index (χ3v) is 5.16. The zero-order chi connectivity index (χ0) is 15.3. The standard InChI is InChI=1S/C13H22N4O3S/c1-3-14-13-15-8-12(9-16-13)21(18,19)17-7-5-6-11(10-17)20-4-2/h8-9,11H,3-7,10H2,1-2H3,(H,14,15,16). The highest BCUT2D eigenvalue weighted by atomic mass is 32.2. The van der Waals surface area contributed by atoms with Crippen molar-refractivity contribution in [1.82, 2.24) is 14.3 Å². The molecule has 1 aliphatic heterocycles. The summed E-state index contributed by atoms with van der Waals surface area (Å²) in [7, 11) is -3.54. The monoisotopic (exact) mass is 314 g/mol. The first-order valence-corrected chi connectivity index (χ1v) is 8.69. The largest absolute Gasteiger partial charge is 0.377 e. The average Bonchev–Trinajstić information content (AvgIpc) is 2.49. The Bertz CT molecular complexity index is 545. The molecule has 21 heavy (non-hydrogen) atoms. The lowest BCUT2D eigenvalue weighted by Gasteiger charge is -2.31. The molecule has 7 nitrogen and oxygen atoms in total. The van der Waals surface area contributed by atoms with Gasteiger partial charge in [-0.2, -0.15) is 4.31 Å². The van der Waals surface area contributed by atoms with E-state index in [0.29, 0.717) is 32.2 Å². The summed E-state index contributed by atoms with van der Waals surface area (Å²) in [5.74, 6) is 0.433. The molecule has 1 aromatic heterocycles. The predicted molar refractivity (Wildman–Crippen MR) is 79.6 cm³/mol. The molecule has 2 rings (SSSR count). The summed E-state index contributed by atoms with van der Waals surface area (Å²) in [5.41, 5.74) is 0. The fraction of sp³-hybridized carbons (Fsp3) is 0.692. The SMILES string of the molecule is CCNc1ncc(S(=O)(=O)N2CCCC(OCC)C2)cn1. The van der Waals surface area contributed by atoms with Crippen molar-refractivity contribution in [2.24, 2.45) is 0 Å². The van der Waals surface area contributed by atoms with Crippen LogP contribution in [0.2, 0.25) is 0 Å². The van der Waals surface area contributed by atoms with Gasteiger partial charge in [-0.1, -0.05) is 0 Å². The van der Waals surface area contributed by atoms with E-state index in [1.165, 1.54) is 16.7 Å². The summed E-state index contributed by atoms with van der Waals surface area (Å²) in [6.07, 6.45) is 4.38. The topological polar surface area (TPSA) is 84.4 Å². The Morgan fingerprint density at radius 3 is 2.71 bits per heavy atom. The number of sulfonamides is 1. The number of rotatable bonds is 6. The van der Waals surface area contributed by atoms with Gasteiger partial charge in [0, 0.05) is 26.2 Å². The van der Waals surface area contributed by atoms with Crippen molar-refractivity contribution in [3.8, 4) is 0 Å². The van der Waals surface area contributed by atoms with Crippen LogP contribution in [0.4, 0.5) is 5.95 Å². The normalized spacial score (nSPS) is 20.4. The van der Waals surface area contributed by atoms with Crippen LogP contribution in [-0.2, 0) is 14.8 Å². The molecule has 0 bridgehead atoms. The van der Waals surface area contributed by atoms with Crippen LogP contribution in [0.5, 0.6) is 0 Å². The maximum atomic E-state index is 12.6. The number of anilines is 1. The lowest BCUT2D eigenvalue weighted by molar-refractivity contribution is 0.0265. The zero-order valence-electron chi connectivity index (χ0n) is 12.4. The molecule has 1 N–H and O–H groups in total. The summed E-state index contributed by atoms with van der Waals surface area (Å²) in [5, 5.41) is 2.94. The summed E-state index contributed by atoms with van der Waals surface area (Å²) in [4.78, 5) is 8.18. The number of aromatic nitrogens is 2. The van der Waals surface area contributed by atoms with E-state index in [2.05, 4.69) is 15.3 Å². The highest BCUT2D eigenvalue weighted by Crippen LogP contribution is 2.21. The van der Waals surface area contributed by atoms with Gasteiger partial charge in [0.15, 0.2) is 0 Å². The van der Waals surface area contributed by atoms with Crippen molar-refractivity contribution in [2.75, 3.05) is 31.6 Å². The van der Waals surface area contributed by atoms with Crippen LogP contribution in [0.1, 0.15) is 26.7 Å². The first kappa shape index (κ1) is 16.1. The van der Waals surface area contributed by atoms with E-state index in [4.69, 9.17) is 4.74 Å². The molecule has 0 radical (unpaired) electrons. The molecule has 0 aliphatic carbocycles. The number of nitrogens with one attached hydrogen (secondary N) is 1. The van der Waals surface area contributed by atoms with Crippen molar-refractivity contribution >= 4 is 16.0 Å². The minimum absolute atomic E-state index is 0.0273.